The Bertz CT molecular complexity index is 384. The van der Waals surface area contributed by atoms with E-state index in [9.17, 15) is 0 Å². The lowest BCUT2D eigenvalue weighted by molar-refractivity contribution is 0.276. The molecular formula is C9H8N2O2. The summed E-state index contributed by atoms with van der Waals surface area (Å²) in [6.07, 6.45) is 4.77. The molecule has 0 spiro atoms. The van der Waals surface area contributed by atoms with Gasteiger partial charge in [0, 0.05) is 12.4 Å². The molecule has 0 radical (unpaired) electrons. The van der Waals surface area contributed by atoms with Gasteiger partial charge >= 0.3 is 0 Å². The molecule has 0 saturated carbocycles. The van der Waals surface area contributed by atoms with E-state index in [4.69, 9.17) is 9.52 Å². The lowest BCUT2D eigenvalue weighted by Gasteiger charge is -1.90. The highest BCUT2D eigenvalue weighted by Gasteiger charge is 2.04. The molecule has 0 atom stereocenters. The van der Waals surface area contributed by atoms with E-state index < -0.39 is 0 Å². The molecule has 0 aliphatic heterocycles. The van der Waals surface area contributed by atoms with Crippen molar-refractivity contribution in [3.05, 3.63) is 36.5 Å². The molecule has 0 aliphatic carbocycles. The Hall–Kier alpha value is -1.68. The van der Waals surface area contributed by atoms with E-state index in [0.29, 0.717) is 11.6 Å². The van der Waals surface area contributed by atoms with Gasteiger partial charge in [-0.2, -0.15) is 0 Å². The molecule has 2 heterocycles. The van der Waals surface area contributed by atoms with Crippen molar-refractivity contribution < 1.29 is 9.52 Å². The van der Waals surface area contributed by atoms with Crippen molar-refractivity contribution in [1.82, 2.24) is 9.97 Å². The summed E-state index contributed by atoms with van der Waals surface area (Å²) in [5, 5.41) is 8.76. The van der Waals surface area contributed by atoms with Crippen LogP contribution in [-0.4, -0.2) is 15.1 Å². The molecule has 0 bridgehead atoms. The lowest BCUT2D eigenvalue weighted by Crippen LogP contribution is -1.83. The van der Waals surface area contributed by atoms with E-state index >= 15 is 0 Å². The normalized spacial score (nSPS) is 10.2. The van der Waals surface area contributed by atoms with E-state index in [1.165, 1.54) is 6.26 Å². The molecule has 66 valence electrons. The summed E-state index contributed by atoms with van der Waals surface area (Å²) in [5.41, 5.74) is 1.33. The lowest BCUT2D eigenvalue weighted by atomic mass is 10.3. The Balaban J connectivity index is 2.36. The van der Waals surface area contributed by atoms with Crippen molar-refractivity contribution in [2.45, 2.75) is 6.61 Å². The van der Waals surface area contributed by atoms with Crippen LogP contribution in [0.1, 0.15) is 5.69 Å². The zero-order valence-corrected chi connectivity index (χ0v) is 6.84. The first-order valence-electron chi connectivity index (χ1n) is 3.86. The Morgan fingerprint density at radius 2 is 2.38 bits per heavy atom. The van der Waals surface area contributed by atoms with Crippen LogP contribution < -0.4 is 0 Å². The number of aliphatic hydroxyl groups is 1. The predicted octanol–water partition coefficient (Wildman–Crippen LogP) is 1.23. The summed E-state index contributed by atoms with van der Waals surface area (Å²) in [5.74, 6) is 0.483. The minimum absolute atomic E-state index is 0.107. The van der Waals surface area contributed by atoms with E-state index in [1.807, 2.05) is 6.07 Å². The number of nitrogens with zero attached hydrogens (tertiary/aromatic N) is 2. The number of hydrogen-bond donors (Lipinski definition) is 1. The third-order valence-electron chi connectivity index (χ3n) is 1.62. The molecule has 0 aliphatic rings. The first-order valence-corrected chi connectivity index (χ1v) is 3.86. The van der Waals surface area contributed by atoms with Crippen LogP contribution >= 0.6 is 0 Å². The third-order valence-corrected chi connectivity index (χ3v) is 1.62. The summed E-state index contributed by atoms with van der Waals surface area (Å²) >= 11 is 0. The van der Waals surface area contributed by atoms with Gasteiger partial charge in [-0.3, -0.25) is 4.98 Å². The highest BCUT2D eigenvalue weighted by Crippen LogP contribution is 2.16. The van der Waals surface area contributed by atoms with Crippen molar-refractivity contribution in [2.75, 3.05) is 0 Å². The molecule has 0 unspecified atom stereocenters. The van der Waals surface area contributed by atoms with E-state index in [-0.39, 0.29) is 6.61 Å². The highest BCUT2D eigenvalue weighted by atomic mass is 16.3. The van der Waals surface area contributed by atoms with Crippen molar-refractivity contribution >= 4 is 0 Å². The molecule has 0 fully saturated rings. The van der Waals surface area contributed by atoms with Gasteiger partial charge in [0.15, 0.2) is 0 Å². The fourth-order valence-electron chi connectivity index (χ4n) is 1.00. The smallest absolute Gasteiger partial charge is 0.227 e. The number of hydrogen-bond acceptors (Lipinski definition) is 4. The standard InChI is InChI=1S/C9H8N2O2/c12-5-8-6-13-9(11-8)7-2-1-3-10-4-7/h1-4,6,12H,5H2. The van der Waals surface area contributed by atoms with E-state index in [2.05, 4.69) is 9.97 Å². The first kappa shape index (κ1) is 7.94. The summed E-state index contributed by atoms with van der Waals surface area (Å²) in [4.78, 5) is 7.98. The van der Waals surface area contributed by atoms with Crippen LogP contribution in [0.2, 0.25) is 0 Å². The van der Waals surface area contributed by atoms with Crippen LogP contribution in [0.4, 0.5) is 0 Å². The van der Waals surface area contributed by atoms with Crippen molar-refractivity contribution in [3.8, 4) is 11.5 Å². The summed E-state index contributed by atoms with van der Waals surface area (Å²) in [6.45, 7) is -0.107. The number of oxazole rings is 1. The van der Waals surface area contributed by atoms with Crippen LogP contribution in [0, 0.1) is 0 Å². The zero-order chi connectivity index (χ0) is 9.10. The predicted molar refractivity (Wildman–Crippen MR) is 45.7 cm³/mol. The molecular weight excluding hydrogens is 168 g/mol. The topological polar surface area (TPSA) is 59.2 Å². The maximum absolute atomic E-state index is 8.76. The highest BCUT2D eigenvalue weighted by molar-refractivity contribution is 5.50. The maximum Gasteiger partial charge on any atom is 0.227 e. The van der Waals surface area contributed by atoms with Gasteiger partial charge in [0.25, 0.3) is 0 Å². The second-order valence-corrected chi connectivity index (χ2v) is 2.54. The van der Waals surface area contributed by atoms with Crippen molar-refractivity contribution in [1.29, 1.82) is 0 Å². The Morgan fingerprint density at radius 1 is 1.46 bits per heavy atom. The van der Waals surface area contributed by atoms with Gasteiger partial charge in [0.2, 0.25) is 5.89 Å². The first-order chi connectivity index (χ1) is 6.40. The van der Waals surface area contributed by atoms with Crippen molar-refractivity contribution in [2.24, 2.45) is 0 Å². The van der Waals surface area contributed by atoms with Gasteiger partial charge in [-0.15, -0.1) is 0 Å². The number of aromatic nitrogens is 2. The fraction of sp³-hybridized carbons (Fsp3) is 0.111. The molecule has 2 aromatic rings. The molecule has 4 heteroatoms. The van der Waals surface area contributed by atoms with Gasteiger partial charge in [-0.05, 0) is 12.1 Å². The third kappa shape index (κ3) is 1.57. The number of rotatable bonds is 2. The zero-order valence-electron chi connectivity index (χ0n) is 6.84. The molecule has 4 nitrogen and oxygen atoms in total. The summed E-state index contributed by atoms with van der Waals surface area (Å²) in [7, 11) is 0. The Kier molecular flexibility index (Phi) is 2.06. The SMILES string of the molecule is OCc1coc(-c2cccnc2)n1. The molecule has 1 N–H and O–H groups in total. The molecule has 2 aromatic heterocycles. The van der Waals surface area contributed by atoms with Crippen LogP contribution in [0.25, 0.3) is 11.5 Å². The Labute approximate surface area is 74.9 Å². The van der Waals surface area contributed by atoms with Gasteiger partial charge in [0.05, 0.1) is 12.2 Å². The van der Waals surface area contributed by atoms with Crippen LogP contribution in [0.5, 0.6) is 0 Å². The average molecular weight is 176 g/mol. The Morgan fingerprint density at radius 3 is 3.00 bits per heavy atom. The van der Waals surface area contributed by atoms with Crippen LogP contribution in [0.3, 0.4) is 0 Å². The molecule has 2 rings (SSSR count). The van der Waals surface area contributed by atoms with Crippen molar-refractivity contribution in [3.63, 3.8) is 0 Å². The largest absolute Gasteiger partial charge is 0.444 e. The second-order valence-electron chi connectivity index (χ2n) is 2.54. The fourth-order valence-corrected chi connectivity index (χ4v) is 1.00. The van der Waals surface area contributed by atoms with E-state index in [1.54, 1.807) is 18.5 Å². The number of pyridine rings is 1. The summed E-state index contributed by atoms with van der Waals surface area (Å²) < 4.78 is 5.13. The average Bonchev–Trinajstić information content (AvgIpc) is 2.67. The molecule has 0 aromatic carbocycles. The van der Waals surface area contributed by atoms with Gasteiger partial charge in [0.1, 0.15) is 12.0 Å². The minimum atomic E-state index is -0.107. The second kappa shape index (κ2) is 3.37. The molecule has 0 saturated heterocycles. The molecule has 0 amide bonds. The maximum atomic E-state index is 8.76. The van der Waals surface area contributed by atoms with Crippen LogP contribution in [-0.2, 0) is 6.61 Å². The van der Waals surface area contributed by atoms with Gasteiger partial charge in [-0.25, -0.2) is 4.98 Å². The molecule has 13 heavy (non-hydrogen) atoms. The monoisotopic (exact) mass is 176 g/mol. The quantitative estimate of drug-likeness (QED) is 0.747. The summed E-state index contributed by atoms with van der Waals surface area (Å²) in [6, 6.07) is 3.65. The van der Waals surface area contributed by atoms with Gasteiger partial charge in [-0.1, -0.05) is 0 Å². The van der Waals surface area contributed by atoms with E-state index in [0.717, 1.165) is 5.56 Å². The minimum Gasteiger partial charge on any atom is -0.444 e. The van der Waals surface area contributed by atoms with Gasteiger partial charge < -0.3 is 9.52 Å². The number of aliphatic hydroxyl groups excluding tert-OH is 1. The van der Waals surface area contributed by atoms with Crippen LogP contribution in [0.15, 0.2) is 35.2 Å².